The minimum absolute atomic E-state index is 0.0844. The predicted octanol–water partition coefficient (Wildman–Crippen LogP) is 5.06. The zero-order valence-electron chi connectivity index (χ0n) is 16.8. The molecule has 1 amide bonds. The zero-order valence-corrected chi connectivity index (χ0v) is 16.8. The molecule has 146 valence electrons. The minimum atomic E-state index is -0.258. The molecular weight excluding hydrogens is 352 g/mol. The predicted molar refractivity (Wildman–Crippen MR) is 108 cm³/mol. The van der Waals surface area contributed by atoms with Gasteiger partial charge in [-0.05, 0) is 56.0 Å². The number of nitrogens with one attached hydrogen (secondary N) is 1. The first-order valence-corrected chi connectivity index (χ1v) is 9.50. The van der Waals surface area contributed by atoms with Gasteiger partial charge in [-0.1, -0.05) is 48.5 Å². The molecule has 1 heterocycles. The van der Waals surface area contributed by atoms with Gasteiger partial charge in [-0.3, -0.25) is 4.79 Å². The van der Waals surface area contributed by atoms with E-state index < -0.39 is 0 Å². The van der Waals surface area contributed by atoms with Crippen molar-refractivity contribution in [1.29, 1.82) is 0 Å². The Morgan fingerprint density at radius 3 is 2.43 bits per heavy atom. The first-order valence-electron chi connectivity index (χ1n) is 9.50. The topological polar surface area (TPSA) is 64.4 Å². The summed E-state index contributed by atoms with van der Waals surface area (Å²) in [4.78, 5) is 12.9. The maximum Gasteiger partial charge on any atom is 0.274 e. The number of rotatable bonds is 7. The van der Waals surface area contributed by atoms with Gasteiger partial charge in [0.15, 0.2) is 5.69 Å². The number of nitrogens with zero attached hydrogens (tertiary/aromatic N) is 1. The van der Waals surface area contributed by atoms with Gasteiger partial charge in [-0.15, -0.1) is 0 Å². The van der Waals surface area contributed by atoms with Crippen LogP contribution in [0.25, 0.3) is 0 Å². The molecule has 1 N–H and O–H groups in total. The number of hydrogen-bond donors (Lipinski definition) is 1. The van der Waals surface area contributed by atoms with Gasteiger partial charge in [-0.25, -0.2) is 0 Å². The van der Waals surface area contributed by atoms with Gasteiger partial charge in [0.25, 0.3) is 5.91 Å². The molecule has 0 aliphatic rings. The van der Waals surface area contributed by atoms with E-state index in [2.05, 4.69) is 16.5 Å². The minimum Gasteiger partial charge on any atom is -0.489 e. The van der Waals surface area contributed by atoms with Crippen LogP contribution in [0.2, 0.25) is 0 Å². The van der Waals surface area contributed by atoms with Crippen LogP contribution in [0.4, 0.5) is 0 Å². The molecule has 3 aromatic rings. The second kappa shape index (κ2) is 8.74. The Balaban J connectivity index is 1.75. The lowest BCUT2D eigenvalue weighted by Crippen LogP contribution is -2.29. The van der Waals surface area contributed by atoms with Crippen LogP contribution in [0.15, 0.2) is 53.1 Å². The highest BCUT2D eigenvalue weighted by atomic mass is 16.5. The standard InChI is InChI=1S/C23H26N2O3/c1-5-21(18-9-7-6-8-10-18)24-23(26)22-20(17(4)28-25-22)14-27-19-12-15(2)11-16(3)13-19/h6-13,21H,5,14H2,1-4H3,(H,24,26). The van der Waals surface area contributed by atoms with Crippen LogP contribution < -0.4 is 10.1 Å². The van der Waals surface area contributed by atoms with Crippen LogP contribution in [0.5, 0.6) is 5.75 Å². The molecule has 0 aliphatic carbocycles. The van der Waals surface area contributed by atoms with Crippen LogP contribution in [0.1, 0.15) is 57.9 Å². The largest absolute Gasteiger partial charge is 0.489 e. The third-order valence-electron chi connectivity index (χ3n) is 4.69. The van der Waals surface area contributed by atoms with E-state index in [1.807, 2.05) is 63.2 Å². The lowest BCUT2D eigenvalue weighted by atomic mass is 10.0. The molecule has 28 heavy (non-hydrogen) atoms. The molecular formula is C23H26N2O3. The summed E-state index contributed by atoms with van der Waals surface area (Å²) < 4.78 is 11.2. The number of aryl methyl sites for hydroxylation is 3. The Bertz CT molecular complexity index is 927. The summed E-state index contributed by atoms with van der Waals surface area (Å²) in [6, 6.07) is 15.8. The van der Waals surface area contributed by atoms with E-state index in [9.17, 15) is 4.79 Å². The monoisotopic (exact) mass is 378 g/mol. The number of carbonyl (C=O) groups excluding carboxylic acids is 1. The van der Waals surface area contributed by atoms with Crippen LogP contribution >= 0.6 is 0 Å². The fourth-order valence-electron chi connectivity index (χ4n) is 3.24. The normalized spacial score (nSPS) is 11.9. The van der Waals surface area contributed by atoms with Crippen LogP contribution in [-0.4, -0.2) is 11.1 Å². The lowest BCUT2D eigenvalue weighted by molar-refractivity contribution is 0.0924. The van der Waals surface area contributed by atoms with Crippen LogP contribution in [0, 0.1) is 20.8 Å². The van der Waals surface area contributed by atoms with E-state index in [0.29, 0.717) is 11.3 Å². The first-order chi connectivity index (χ1) is 13.5. The highest BCUT2D eigenvalue weighted by Gasteiger charge is 2.23. The van der Waals surface area contributed by atoms with Crippen molar-refractivity contribution >= 4 is 5.91 Å². The number of hydrogen-bond acceptors (Lipinski definition) is 4. The molecule has 5 nitrogen and oxygen atoms in total. The molecule has 0 radical (unpaired) electrons. The molecule has 0 spiro atoms. The fourth-order valence-corrected chi connectivity index (χ4v) is 3.24. The summed E-state index contributed by atoms with van der Waals surface area (Å²) in [6.07, 6.45) is 0.779. The molecule has 0 aliphatic heterocycles. The van der Waals surface area contributed by atoms with E-state index in [1.54, 1.807) is 6.92 Å². The third kappa shape index (κ3) is 4.60. The smallest absolute Gasteiger partial charge is 0.274 e. The van der Waals surface area contributed by atoms with Crippen molar-refractivity contribution in [3.63, 3.8) is 0 Å². The Morgan fingerprint density at radius 2 is 1.79 bits per heavy atom. The van der Waals surface area contributed by atoms with Gasteiger partial charge >= 0.3 is 0 Å². The molecule has 0 bridgehead atoms. The molecule has 1 aromatic heterocycles. The number of aromatic nitrogens is 1. The number of benzene rings is 2. The Kier molecular flexibility index (Phi) is 6.14. The van der Waals surface area contributed by atoms with E-state index >= 15 is 0 Å². The quantitative estimate of drug-likeness (QED) is 0.624. The lowest BCUT2D eigenvalue weighted by Gasteiger charge is -2.17. The summed E-state index contributed by atoms with van der Waals surface area (Å²) in [6.45, 7) is 8.10. The van der Waals surface area contributed by atoms with Crippen molar-refractivity contribution in [2.45, 2.75) is 46.8 Å². The Morgan fingerprint density at radius 1 is 1.11 bits per heavy atom. The molecule has 5 heteroatoms. The van der Waals surface area contributed by atoms with E-state index in [4.69, 9.17) is 9.26 Å². The Hall–Kier alpha value is -3.08. The maximum atomic E-state index is 12.9. The van der Waals surface area contributed by atoms with Crippen LogP contribution in [-0.2, 0) is 6.61 Å². The van der Waals surface area contributed by atoms with Crippen molar-refractivity contribution in [2.24, 2.45) is 0 Å². The Labute approximate surface area is 165 Å². The average Bonchev–Trinajstić information content (AvgIpc) is 3.05. The van der Waals surface area contributed by atoms with E-state index in [-0.39, 0.29) is 24.2 Å². The van der Waals surface area contributed by atoms with Gasteiger partial charge in [0.05, 0.1) is 11.6 Å². The summed E-state index contributed by atoms with van der Waals surface area (Å²) in [5.74, 6) is 1.09. The average molecular weight is 378 g/mol. The van der Waals surface area contributed by atoms with Crippen molar-refractivity contribution in [2.75, 3.05) is 0 Å². The van der Waals surface area contributed by atoms with Crippen molar-refractivity contribution < 1.29 is 14.1 Å². The maximum absolute atomic E-state index is 12.9. The SMILES string of the molecule is CCC(NC(=O)c1noc(C)c1COc1cc(C)cc(C)c1)c1ccccc1. The molecule has 1 atom stereocenters. The second-order valence-electron chi connectivity index (χ2n) is 7.02. The molecule has 0 saturated carbocycles. The summed E-state index contributed by atoms with van der Waals surface area (Å²) in [7, 11) is 0. The third-order valence-corrected chi connectivity index (χ3v) is 4.69. The van der Waals surface area contributed by atoms with Crippen molar-refractivity contribution in [3.8, 4) is 5.75 Å². The highest BCUT2D eigenvalue weighted by molar-refractivity contribution is 5.94. The molecule has 3 rings (SSSR count). The highest BCUT2D eigenvalue weighted by Crippen LogP contribution is 2.22. The van der Waals surface area contributed by atoms with Gasteiger partial charge in [0.1, 0.15) is 18.1 Å². The van der Waals surface area contributed by atoms with Crippen molar-refractivity contribution in [1.82, 2.24) is 10.5 Å². The van der Waals surface area contributed by atoms with Gasteiger partial charge in [-0.2, -0.15) is 0 Å². The van der Waals surface area contributed by atoms with Gasteiger partial charge in [0.2, 0.25) is 0 Å². The van der Waals surface area contributed by atoms with Gasteiger partial charge in [0, 0.05) is 0 Å². The second-order valence-corrected chi connectivity index (χ2v) is 7.02. The first kappa shape index (κ1) is 19.7. The molecule has 2 aromatic carbocycles. The molecule has 0 fully saturated rings. The molecule has 1 unspecified atom stereocenters. The summed E-state index contributed by atoms with van der Waals surface area (Å²) >= 11 is 0. The molecule has 0 saturated heterocycles. The van der Waals surface area contributed by atoms with E-state index in [1.165, 1.54) is 0 Å². The van der Waals surface area contributed by atoms with E-state index in [0.717, 1.165) is 28.9 Å². The van der Waals surface area contributed by atoms with Crippen LogP contribution in [0.3, 0.4) is 0 Å². The van der Waals surface area contributed by atoms with Crippen molar-refractivity contribution in [3.05, 3.63) is 82.2 Å². The summed E-state index contributed by atoms with van der Waals surface area (Å²) in [5.41, 5.74) is 4.26. The fraction of sp³-hybridized carbons (Fsp3) is 0.304. The number of ether oxygens (including phenoxy) is 1. The van der Waals surface area contributed by atoms with Gasteiger partial charge < -0.3 is 14.6 Å². The number of carbonyl (C=O) groups is 1. The zero-order chi connectivity index (χ0) is 20.1. The number of amides is 1. The summed E-state index contributed by atoms with van der Waals surface area (Å²) in [5, 5.41) is 7.03.